The molecular formula is C20H12BrClFN3O4S2. The monoisotopic (exact) mass is 555 g/mol. The number of rotatable bonds is 4. The Balaban J connectivity index is 1.58. The zero-order valence-electron chi connectivity index (χ0n) is 15.8. The summed E-state index contributed by atoms with van der Waals surface area (Å²) in [4.78, 5) is 24.9. The molecule has 32 heavy (non-hydrogen) atoms. The van der Waals surface area contributed by atoms with Crippen LogP contribution in [0.2, 0.25) is 4.34 Å². The Morgan fingerprint density at radius 2 is 1.88 bits per heavy atom. The van der Waals surface area contributed by atoms with Gasteiger partial charge in [-0.25, -0.2) is 22.3 Å². The summed E-state index contributed by atoms with van der Waals surface area (Å²) in [6.45, 7) is 0. The van der Waals surface area contributed by atoms with Crippen LogP contribution in [-0.4, -0.2) is 19.0 Å². The first kappa shape index (κ1) is 22.5. The van der Waals surface area contributed by atoms with Crippen molar-refractivity contribution < 1.29 is 17.6 Å². The van der Waals surface area contributed by atoms with E-state index in [0.29, 0.717) is 15.2 Å². The van der Waals surface area contributed by atoms with Gasteiger partial charge in [-0.05, 0) is 53.9 Å². The molecule has 7 nitrogen and oxygen atoms in total. The summed E-state index contributed by atoms with van der Waals surface area (Å²) in [6.07, 6.45) is 1.45. The quantitative estimate of drug-likeness (QED) is 0.365. The summed E-state index contributed by atoms with van der Waals surface area (Å²) < 4.78 is 43.0. The zero-order valence-corrected chi connectivity index (χ0v) is 19.8. The molecular weight excluding hydrogens is 545 g/mol. The lowest BCUT2D eigenvalue weighted by molar-refractivity contribution is 0.256. The number of fused-ring (bicyclic) bond motifs is 1. The number of halogens is 3. The molecule has 0 bridgehead atoms. The molecule has 0 aliphatic rings. The molecule has 0 radical (unpaired) electrons. The molecule has 2 heterocycles. The van der Waals surface area contributed by atoms with E-state index in [4.69, 9.17) is 11.6 Å². The topological polar surface area (TPSA) is 97.3 Å². The molecule has 4 aromatic rings. The molecule has 2 aromatic heterocycles. The Kier molecular flexibility index (Phi) is 6.08. The van der Waals surface area contributed by atoms with Gasteiger partial charge < -0.3 is 5.32 Å². The third kappa shape index (κ3) is 4.56. The minimum atomic E-state index is -4.12. The van der Waals surface area contributed by atoms with Crippen molar-refractivity contribution in [2.24, 2.45) is 0 Å². The van der Waals surface area contributed by atoms with Crippen molar-refractivity contribution in [3.8, 4) is 5.69 Å². The van der Waals surface area contributed by atoms with E-state index in [2.05, 4.69) is 21.2 Å². The number of anilines is 1. The van der Waals surface area contributed by atoms with E-state index in [-0.39, 0.29) is 19.9 Å². The zero-order chi connectivity index (χ0) is 23.0. The van der Waals surface area contributed by atoms with Gasteiger partial charge in [0, 0.05) is 21.7 Å². The number of carbonyl (C=O) groups excluding carboxylic acids is 1. The van der Waals surface area contributed by atoms with Gasteiger partial charge in [-0.1, -0.05) is 33.6 Å². The number of thiophene rings is 1. The fourth-order valence-corrected chi connectivity index (χ4v) is 5.70. The van der Waals surface area contributed by atoms with Gasteiger partial charge >= 0.3 is 6.03 Å². The molecule has 12 heteroatoms. The number of nitrogens with zero attached hydrogens (tertiary/aromatic N) is 1. The summed E-state index contributed by atoms with van der Waals surface area (Å²) >= 11 is 9.83. The number of pyridine rings is 1. The van der Waals surface area contributed by atoms with Crippen molar-refractivity contribution in [1.29, 1.82) is 0 Å². The number of hydrogen-bond acceptors (Lipinski definition) is 5. The Labute approximate surface area is 198 Å². The number of benzene rings is 2. The van der Waals surface area contributed by atoms with Gasteiger partial charge in [-0.3, -0.25) is 9.36 Å². The van der Waals surface area contributed by atoms with Gasteiger partial charge in [0.1, 0.15) is 10.0 Å². The maximum Gasteiger partial charge on any atom is 0.333 e. The highest BCUT2D eigenvalue weighted by atomic mass is 79.9. The summed E-state index contributed by atoms with van der Waals surface area (Å²) in [5, 5.41) is 3.37. The number of carbonyl (C=O) groups is 1. The predicted octanol–water partition coefficient (Wildman–Crippen LogP) is 5.12. The maximum absolute atomic E-state index is 14.8. The number of sulfonamides is 1. The normalized spacial score (nSPS) is 11.5. The largest absolute Gasteiger partial charge is 0.333 e. The smallest absolute Gasteiger partial charge is 0.307 e. The first-order valence-electron chi connectivity index (χ1n) is 8.84. The first-order chi connectivity index (χ1) is 15.1. The van der Waals surface area contributed by atoms with Crippen molar-refractivity contribution in [3.63, 3.8) is 0 Å². The lowest BCUT2D eigenvalue weighted by Gasteiger charge is -2.11. The average molecular weight is 557 g/mol. The Morgan fingerprint density at radius 1 is 1.09 bits per heavy atom. The average Bonchev–Trinajstić information content (AvgIpc) is 3.16. The van der Waals surface area contributed by atoms with Crippen molar-refractivity contribution in [2.75, 3.05) is 5.32 Å². The second-order valence-corrected chi connectivity index (χ2v) is 11.0. The highest BCUT2D eigenvalue weighted by Crippen LogP contribution is 2.25. The minimum absolute atomic E-state index is 0.000236. The van der Waals surface area contributed by atoms with Crippen molar-refractivity contribution >= 4 is 71.4 Å². The summed E-state index contributed by atoms with van der Waals surface area (Å²) in [6, 6.07) is 12.1. The molecule has 0 atom stereocenters. The van der Waals surface area contributed by atoms with Gasteiger partial charge in [-0.15, -0.1) is 11.3 Å². The van der Waals surface area contributed by atoms with Gasteiger partial charge in [-0.2, -0.15) is 0 Å². The van der Waals surface area contributed by atoms with Crippen LogP contribution in [0.25, 0.3) is 16.5 Å². The molecule has 0 saturated heterocycles. The highest BCUT2D eigenvalue weighted by Gasteiger charge is 2.20. The van der Waals surface area contributed by atoms with E-state index in [1.54, 1.807) is 24.3 Å². The van der Waals surface area contributed by atoms with Crippen LogP contribution in [0.3, 0.4) is 0 Å². The first-order valence-corrected chi connectivity index (χ1v) is 12.3. The molecule has 0 fully saturated rings. The fraction of sp³-hybridized carbons (Fsp3) is 0. The third-order valence-corrected chi connectivity index (χ3v) is 7.92. The van der Waals surface area contributed by atoms with E-state index >= 15 is 0 Å². The standard InChI is InChI=1S/C20H12BrClFN3O4S2/c21-12-2-1-11-7-8-26(19(27)14(11)9-12)16-4-3-13(10-15(16)23)24-20(28)25-32(29,30)18-6-5-17(22)31-18/h1-10H,(H2,24,25,28). The number of amides is 2. The SMILES string of the molecule is O=C(Nc1ccc(-n2ccc3ccc(Br)cc3c2=O)c(F)c1)NS(=O)(=O)c1ccc(Cl)s1. The van der Waals surface area contributed by atoms with Crippen LogP contribution in [0.4, 0.5) is 14.9 Å². The van der Waals surface area contributed by atoms with Crippen LogP contribution in [0.5, 0.6) is 0 Å². The lowest BCUT2D eigenvalue weighted by atomic mass is 10.1. The number of hydrogen-bond donors (Lipinski definition) is 2. The third-order valence-electron chi connectivity index (χ3n) is 4.37. The molecule has 2 aromatic carbocycles. The summed E-state index contributed by atoms with van der Waals surface area (Å²) in [5.74, 6) is -0.785. The molecule has 164 valence electrons. The van der Waals surface area contributed by atoms with Gasteiger partial charge in [0.05, 0.1) is 10.0 Å². The maximum atomic E-state index is 14.8. The number of aromatic nitrogens is 1. The van der Waals surface area contributed by atoms with E-state index in [1.165, 1.54) is 30.5 Å². The minimum Gasteiger partial charge on any atom is -0.307 e. The van der Waals surface area contributed by atoms with Crippen LogP contribution < -0.4 is 15.6 Å². The van der Waals surface area contributed by atoms with Gasteiger partial charge in [0.15, 0.2) is 0 Å². The van der Waals surface area contributed by atoms with Crippen LogP contribution >= 0.6 is 38.9 Å². The lowest BCUT2D eigenvalue weighted by Crippen LogP contribution is -2.34. The second kappa shape index (κ2) is 8.66. The van der Waals surface area contributed by atoms with Crippen LogP contribution in [0.1, 0.15) is 0 Å². The van der Waals surface area contributed by atoms with Crippen LogP contribution in [0, 0.1) is 5.82 Å². The molecule has 0 unspecified atom stereocenters. The second-order valence-electron chi connectivity index (χ2n) is 6.51. The Hall–Kier alpha value is -2.73. The van der Waals surface area contributed by atoms with E-state index < -0.39 is 27.4 Å². The molecule has 0 aliphatic carbocycles. The fourth-order valence-electron chi connectivity index (χ4n) is 2.95. The van der Waals surface area contributed by atoms with E-state index in [1.807, 2.05) is 4.72 Å². The highest BCUT2D eigenvalue weighted by molar-refractivity contribution is 9.10. The molecule has 0 spiro atoms. The van der Waals surface area contributed by atoms with E-state index in [9.17, 15) is 22.4 Å². The molecule has 0 saturated carbocycles. The molecule has 0 aliphatic heterocycles. The Morgan fingerprint density at radius 3 is 2.56 bits per heavy atom. The molecule has 2 amide bonds. The van der Waals surface area contributed by atoms with Crippen LogP contribution in [0.15, 0.2) is 74.3 Å². The predicted molar refractivity (Wildman–Crippen MR) is 126 cm³/mol. The van der Waals surface area contributed by atoms with Crippen molar-refractivity contribution in [1.82, 2.24) is 9.29 Å². The molecule has 4 rings (SSSR count). The van der Waals surface area contributed by atoms with Gasteiger partial charge in [0.25, 0.3) is 15.6 Å². The van der Waals surface area contributed by atoms with Crippen molar-refractivity contribution in [3.05, 3.63) is 85.8 Å². The summed E-state index contributed by atoms with van der Waals surface area (Å²) in [5.41, 5.74) is -0.440. The summed E-state index contributed by atoms with van der Waals surface area (Å²) in [7, 11) is -4.12. The van der Waals surface area contributed by atoms with E-state index in [0.717, 1.165) is 22.0 Å². The van der Waals surface area contributed by atoms with Gasteiger partial charge in [0.2, 0.25) is 0 Å². The van der Waals surface area contributed by atoms with Crippen molar-refractivity contribution in [2.45, 2.75) is 4.21 Å². The number of urea groups is 1. The Bertz CT molecular complexity index is 1540. The van der Waals surface area contributed by atoms with Crippen LogP contribution in [-0.2, 0) is 10.0 Å². The number of nitrogens with one attached hydrogen (secondary N) is 2. The molecule has 2 N–H and O–H groups in total.